The third-order valence-electron chi connectivity index (χ3n) is 3.17. The molecule has 0 amide bonds. The summed E-state index contributed by atoms with van der Waals surface area (Å²) in [6.07, 6.45) is 1.96. The van der Waals surface area contributed by atoms with Crippen molar-refractivity contribution < 1.29 is 13.9 Å². The van der Waals surface area contributed by atoms with Gasteiger partial charge in [0.05, 0.1) is 31.6 Å². The number of hydrogen-bond donors (Lipinski definition) is 1. The van der Waals surface area contributed by atoms with E-state index >= 15 is 0 Å². The van der Waals surface area contributed by atoms with Gasteiger partial charge in [-0.3, -0.25) is 0 Å². The largest absolute Gasteiger partial charge is 0.396 e. The van der Waals surface area contributed by atoms with Gasteiger partial charge in [0.1, 0.15) is 5.82 Å². The van der Waals surface area contributed by atoms with Crippen LogP contribution in [-0.4, -0.2) is 37.1 Å². The van der Waals surface area contributed by atoms with Crippen LogP contribution in [0, 0.1) is 5.82 Å². The zero-order chi connectivity index (χ0) is 11.9. The van der Waals surface area contributed by atoms with Crippen molar-refractivity contribution in [3.63, 3.8) is 0 Å². The summed E-state index contributed by atoms with van der Waals surface area (Å²) in [4.78, 5) is 6.00. The van der Waals surface area contributed by atoms with Crippen LogP contribution in [0.5, 0.6) is 0 Å². The Morgan fingerprint density at radius 2 is 2.18 bits per heavy atom. The number of aromatic nitrogens is 1. The topological polar surface area (TPSA) is 60.6 Å². The van der Waals surface area contributed by atoms with Crippen LogP contribution in [0.25, 0.3) is 0 Å². The van der Waals surface area contributed by atoms with Crippen molar-refractivity contribution in [3.05, 3.63) is 18.1 Å². The zero-order valence-corrected chi connectivity index (χ0v) is 9.36. The Balaban J connectivity index is 1.82. The molecule has 0 aromatic carbocycles. The fourth-order valence-electron chi connectivity index (χ4n) is 2.38. The number of nitrogens with two attached hydrogens (primary N) is 1. The second-order valence-corrected chi connectivity index (χ2v) is 4.35. The normalized spacial score (nSPS) is 22.5. The molecule has 0 unspecified atom stereocenters. The maximum Gasteiger partial charge on any atom is 0.187 e. The first-order chi connectivity index (χ1) is 8.19. The molecular formula is C11H14FN3O2. The summed E-state index contributed by atoms with van der Waals surface area (Å²) in [5.74, 6) is -0.335. The van der Waals surface area contributed by atoms with E-state index in [9.17, 15) is 4.39 Å². The van der Waals surface area contributed by atoms with Crippen LogP contribution in [0.4, 0.5) is 15.9 Å². The van der Waals surface area contributed by atoms with E-state index in [-0.39, 0.29) is 0 Å². The van der Waals surface area contributed by atoms with E-state index in [1.165, 1.54) is 12.3 Å². The van der Waals surface area contributed by atoms with Crippen molar-refractivity contribution in [2.75, 3.05) is 36.9 Å². The van der Waals surface area contributed by atoms with Crippen LogP contribution < -0.4 is 10.6 Å². The highest BCUT2D eigenvalue weighted by Crippen LogP contribution is 2.34. The van der Waals surface area contributed by atoms with Crippen molar-refractivity contribution in [2.24, 2.45) is 0 Å². The van der Waals surface area contributed by atoms with Crippen LogP contribution in [0.1, 0.15) is 6.42 Å². The third-order valence-corrected chi connectivity index (χ3v) is 3.17. The number of ether oxygens (including phenoxy) is 2. The van der Waals surface area contributed by atoms with Crippen molar-refractivity contribution >= 4 is 11.5 Å². The van der Waals surface area contributed by atoms with Crippen LogP contribution >= 0.6 is 0 Å². The first-order valence-corrected chi connectivity index (χ1v) is 5.62. The summed E-state index contributed by atoms with van der Waals surface area (Å²) in [7, 11) is 0. The molecule has 1 spiro atoms. The summed E-state index contributed by atoms with van der Waals surface area (Å²) < 4.78 is 24.1. The fraction of sp³-hybridized carbons (Fsp3) is 0.545. The number of pyridine rings is 1. The maximum absolute atomic E-state index is 12.9. The van der Waals surface area contributed by atoms with E-state index in [2.05, 4.69) is 4.98 Å². The minimum atomic E-state index is -0.511. The Kier molecular flexibility index (Phi) is 2.41. The molecule has 2 saturated heterocycles. The van der Waals surface area contributed by atoms with Gasteiger partial charge in [0.15, 0.2) is 11.6 Å². The van der Waals surface area contributed by atoms with E-state index in [4.69, 9.17) is 15.2 Å². The smallest absolute Gasteiger partial charge is 0.187 e. The van der Waals surface area contributed by atoms with Crippen molar-refractivity contribution in [3.8, 4) is 0 Å². The number of anilines is 2. The van der Waals surface area contributed by atoms with E-state index in [1.807, 2.05) is 4.90 Å². The Bertz CT molecular complexity index is 435. The zero-order valence-electron chi connectivity index (χ0n) is 9.36. The molecule has 1 aromatic heterocycles. The van der Waals surface area contributed by atoms with Gasteiger partial charge >= 0.3 is 0 Å². The average molecular weight is 239 g/mol. The van der Waals surface area contributed by atoms with Gasteiger partial charge in [-0.2, -0.15) is 0 Å². The van der Waals surface area contributed by atoms with Crippen molar-refractivity contribution in [1.82, 2.24) is 4.98 Å². The second kappa shape index (κ2) is 3.82. The molecule has 0 bridgehead atoms. The summed E-state index contributed by atoms with van der Waals surface area (Å²) in [6, 6.07) is 1.28. The molecule has 0 atom stereocenters. The Hall–Kier alpha value is -1.40. The SMILES string of the molecule is Nc1cc(F)cnc1N1CCC2(C1)OCCO2. The quantitative estimate of drug-likeness (QED) is 0.783. The maximum atomic E-state index is 12.9. The predicted molar refractivity (Wildman–Crippen MR) is 60.1 cm³/mol. The number of hydrogen-bond acceptors (Lipinski definition) is 5. The lowest BCUT2D eigenvalue weighted by Crippen LogP contribution is -2.34. The van der Waals surface area contributed by atoms with Gasteiger partial charge in [-0.15, -0.1) is 0 Å². The molecule has 2 aliphatic heterocycles. The summed E-state index contributed by atoms with van der Waals surface area (Å²) in [6.45, 7) is 2.60. The number of nitrogens with zero attached hydrogens (tertiary/aromatic N) is 2. The first kappa shape index (κ1) is 10.7. The number of rotatable bonds is 1. The van der Waals surface area contributed by atoms with E-state index in [0.29, 0.717) is 31.3 Å². The number of nitrogen functional groups attached to an aromatic ring is 1. The minimum absolute atomic E-state index is 0.347. The Labute approximate surface area is 98.3 Å². The molecule has 2 N–H and O–H groups in total. The van der Waals surface area contributed by atoms with Crippen LogP contribution in [0.2, 0.25) is 0 Å². The molecule has 0 aliphatic carbocycles. The molecule has 17 heavy (non-hydrogen) atoms. The number of halogens is 1. The van der Waals surface area contributed by atoms with Gasteiger partial charge in [0.25, 0.3) is 0 Å². The van der Waals surface area contributed by atoms with E-state index < -0.39 is 11.6 Å². The van der Waals surface area contributed by atoms with Gasteiger partial charge in [0.2, 0.25) is 0 Å². The highest BCUT2D eigenvalue weighted by molar-refractivity contribution is 5.63. The Morgan fingerprint density at radius 1 is 1.41 bits per heavy atom. The molecule has 2 aliphatic rings. The molecule has 2 fully saturated rings. The average Bonchev–Trinajstić information content (AvgIpc) is 2.90. The molecule has 0 saturated carbocycles. The van der Waals surface area contributed by atoms with Gasteiger partial charge < -0.3 is 20.1 Å². The molecular weight excluding hydrogens is 225 g/mol. The lowest BCUT2D eigenvalue weighted by Gasteiger charge is -2.23. The molecule has 92 valence electrons. The lowest BCUT2D eigenvalue weighted by atomic mass is 10.2. The predicted octanol–water partition coefficient (Wildman–Crippen LogP) is 0.756. The minimum Gasteiger partial charge on any atom is -0.396 e. The standard InChI is InChI=1S/C11H14FN3O2/c12-8-5-9(13)10(14-6-8)15-2-1-11(7-15)16-3-4-17-11/h5-6H,1-4,7,13H2. The van der Waals surface area contributed by atoms with Crippen molar-refractivity contribution in [2.45, 2.75) is 12.2 Å². The third kappa shape index (κ3) is 1.83. The molecule has 3 rings (SSSR count). The van der Waals surface area contributed by atoms with Gasteiger partial charge in [-0.25, -0.2) is 9.37 Å². The molecule has 6 heteroatoms. The molecule has 5 nitrogen and oxygen atoms in total. The highest BCUT2D eigenvalue weighted by atomic mass is 19.1. The lowest BCUT2D eigenvalue weighted by molar-refractivity contribution is -0.137. The van der Waals surface area contributed by atoms with E-state index in [0.717, 1.165) is 13.0 Å². The molecule has 1 aromatic rings. The monoisotopic (exact) mass is 239 g/mol. The van der Waals surface area contributed by atoms with Crippen LogP contribution in [-0.2, 0) is 9.47 Å². The van der Waals surface area contributed by atoms with Crippen molar-refractivity contribution in [1.29, 1.82) is 0 Å². The first-order valence-electron chi connectivity index (χ1n) is 5.62. The second-order valence-electron chi connectivity index (χ2n) is 4.35. The summed E-state index contributed by atoms with van der Waals surface area (Å²) >= 11 is 0. The van der Waals surface area contributed by atoms with E-state index in [1.54, 1.807) is 0 Å². The van der Waals surface area contributed by atoms with Gasteiger partial charge in [-0.1, -0.05) is 0 Å². The fourth-order valence-corrected chi connectivity index (χ4v) is 2.38. The highest BCUT2D eigenvalue weighted by Gasteiger charge is 2.44. The van der Waals surface area contributed by atoms with Gasteiger partial charge in [-0.05, 0) is 0 Å². The summed E-state index contributed by atoms with van der Waals surface area (Å²) in [5.41, 5.74) is 6.11. The Morgan fingerprint density at radius 3 is 2.88 bits per heavy atom. The van der Waals surface area contributed by atoms with Gasteiger partial charge in [0, 0.05) is 19.0 Å². The summed E-state index contributed by atoms with van der Waals surface area (Å²) in [5, 5.41) is 0. The van der Waals surface area contributed by atoms with Crippen LogP contribution in [0.15, 0.2) is 12.3 Å². The van der Waals surface area contributed by atoms with Crippen LogP contribution in [0.3, 0.4) is 0 Å². The molecule has 3 heterocycles. The molecule has 0 radical (unpaired) electrons.